The highest BCUT2D eigenvalue weighted by Crippen LogP contribution is 2.59. The summed E-state index contributed by atoms with van der Waals surface area (Å²) in [7, 11) is 0. The van der Waals surface area contributed by atoms with Crippen molar-refractivity contribution in [3.8, 4) is 0 Å². The van der Waals surface area contributed by atoms with Gasteiger partial charge in [0.15, 0.2) is 0 Å². The van der Waals surface area contributed by atoms with E-state index >= 15 is 0 Å². The molecule has 2 heteroatoms. The topological polar surface area (TPSA) is 37.3 Å². The molecule has 1 fully saturated rings. The third-order valence-electron chi connectivity index (χ3n) is 2.69. The molecule has 0 aliphatic heterocycles. The van der Waals surface area contributed by atoms with Gasteiger partial charge in [-0.15, -0.1) is 0 Å². The SMILES string of the molecule is CC(C)=CC1[14CH](C(=O)O)C1(C)C. The number of rotatable bonds is 2. The molecule has 0 aromatic heterocycles. The van der Waals surface area contributed by atoms with E-state index in [2.05, 4.69) is 6.08 Å². The first kappa shape index (κ1) is 9.30. The van der Waals surface area contributed by atoms with Gasteiger partial charge in [-0.1, -0.05) is 25.5 Å². The Morgan fingerprint density at radius 1 is 1.50 bits per heavy atom. The van der Waals surface area contributed by atoms with E-state index in [-0.39, 0.29) is 17.3 Å². The Morgan fingerprint density at radius 3 is 2.25 bits per heavy atom. The van der Waals surface area contributed by atoms with Gasteiger partial charge >= 0.3 is 5.97 Å². The molecule has 1 N–H and O–H groups in total. The van der Waals surface area contributed by atoms with Crippen LogP contribution in [0.2, 0.25) is 0 Å². The molecule has 1 rings (SSSR count). The lowest BCUT2D eigenvalue weighted by atomic mass is 10.1. The lowest BCUT2D eigenvalue weighted by molar-refractivity contribution is -0.139. The Hall–Kier alpha value is -0.790. The highest BCUT2D eigenvalue weighted by atomic mass is 16.4. The Kier molecular flexibility index (Phi) is 2.02. The molecule has 1 aliphatic carbocycles. The lowest BCUT2D eigenvalue weighted by Gasteiger charge is -1.96. The van der Waals surface area contributed by atoms with Gasteiger partial charge in [0.25, 0.3) is 0 Å². The second-order valence-electron chi connectivity index (χ2n) is 4.41. The number of hydrogen-bond acceptors (Lipinski definition) is 1. The maximum absolute atomic E-state index is 10.7. The predicted molar refractivity (Wildman–Crippen MR) is 47.8 cm³/mol. The van der Waals surface area contributed by atoms with Crippen molar-refractivity contribution >= 4 is 5.97 Å². The molecule has 1 aliphatic rings. The molecular formula is C10H16O2. The van der Waals surface area contributed by atoms with Gasteiger partial charge in [0.2, 0.25) is 0 Å². The molecule has 0 aromatic rings. The number of carbonyl (C=O) groups is 1. The van der Waals surface area contributed by atoms with E-state index in [9.17, 15) is 4.79 Å². The van der Waals surface area contributed by atoms with Crippen LogP contribution >= 0.6 is 0 Å². The maximum Gasteiger partial charge on any atom is 0.307 e. The average molecular weight is 170 g/mol. The Balaban J connectivity index is 2.73. The molecule has 0 spiro atoms. The van der Waals surface area contributed by atoms with E-state index in [4.69, 9.17) is 5.11 Å². The zero-order valence-electron chi connectivity index (χ0n) is 8.09. The average Bonchev–Trinajstić information content (AvgIpc) is 2.32. The second-order valence-corrected chi connectivity index (χ2v) is 4.41. The Morgan fingerprint density at radius 2 is 2.00 bits per heavy atom. The van der Waals surface area contributed by atoms with Crippen molar-refractivity contribution in [1.29, 1.82) is 0 Å². The zero-order valence-corrected chi connectivity index (χ0v) is 8.09. The van der Waals surface area contributed by atoms with E-state index in [0.717, 1.165) is 0 Å². The first-order valence-electron chi connectivity index (χ1n) is 4.25. The lowest BCUT2D eigenvalue weighted by Crippen LogP contribution is -2.02. The summed E-state index contributed by atoms with van der Waals surface area (Å²) in [5.41, 5.74) is 1.17. The van der Waals surface area contributed by atoms with Crippen molar-refractivity contribution < 1.29 is 9.90 Å². The minimum Gasteiger partial charge on any atom is -0.481 e. The number of allylic oxidation sites excluding steroid dienone is 2. The monoisotopic (exact) mass is 170 g/mol. The van der Waals surface area contributed by atoms with Crippen LogP contribution < -0.4 is 0 Å². The highest BCUT2D eigenvalue weighted by molar-refractivity contribution is 5.76. The normalized spacial score (nSPS) is 31.0. The molecule has 68 valence electrons. The summed E-state index contributed by atoms with van der Waals surface area (Å²) in [6.07, 6.45) is 2.07. The number of carboxylic acid groups (broad SMARTS) is 1. The van der Waals surface area contributed by atoms with Gasteiger partial charge in [0.05, 0.1) is 5.92 Å². The maximum atomic E-state index is 10.7. The van der Waals surface area contributed by atoms with E-state index in [1.54, 1.807) is 0 Å². The molecule has 0 radical (unpaired) electrons. The molecule has 0 bridgehead atoms. The number of aliphatic carboxylic acids is 1. The van der Waals surface area contributed by atoms with Crippen LogP contribution in [0.5, 0.6) is 0 Å². The highest BCUT2D eigenvalue weighted by Gasteiger charge is 2.60. The fraction of sp³-hybridized carbons (Fsp3) is 0.700. The first-order valence-corrected chi connectivity index (χ1v) is 4.25. The van der Waals surface area contributed by atoms with Crippen LogP contribution in [0.4, 0.5) is 0 Å². The quantitative estimate of drug-likeness (QED) is 0.646. The molecule has 0 heterocycles. The zero-order chi connectivity index (χ0) is 9.52. The van der Waals surface area contributed by atoms with Gasteiger partial charge in [-0.25, -0.2) is 0 Å². The van der Waals surface area contributed by atoms with Crippen LogP contribution in [0.15, 0.2) is 11.6 Å². The molecule has 0 amide bonds. The summed E-state index contributed by atoms with van der Waals surface area (Å²) in [6.45, 7) is 8.03. The standard InChI is InChI=1S/C10H16O2/c1-6(2)5-7-8(9(11)12)10(7,3)4/h5,7-8H,1-4H3,(H,11,12)/i8+2. The van der Waals surface area contributed by atoms with Crippen LogP contribution in [0.25, 0.3) is 0 Å². The van der Waals surface area contributed by atoms with Gasteiger partial charge < -0.3 is 5.11 Å². The Bertz CT molecular complexity index is 234. The smallest absolute Gasteiger partial charge is 0.307 e. The molecule has 0 saturated heterocycles. The van der Waals surface area contributed by atoms with Gasteiger partial charge in [0, 0.05) is 0 Å². The van der Waals surface area contributed by atoms with Crippen molar-refractivity contribution in [2.24, 2.45) is 17.3 Å². The van der Waals surface area contributed by atoms with E-state index in [0.29, 0.717) is 0 Å². The molecule has 12 heavy (non-hydrogen) atoms. The van der Waals surface area contributed by atoms with Crippen LogP contribution in [-0.2, 0) is 4.79 Å². The van der Waals surface area contributed by atoms with Crippen molar-refractivity contribution in [2.45, 2.75) is 27.7 Å². The van der Waals surface area contributed by atoms with Crippen molar-refractivity contribution in [3.63, 3.8) is 0 Å². The molecule has 0 aromatic carbocycles. The predicted octanol–water partition coefficient (Wildman–Crippen LogP) is 2.31. The van der Waals surface area contributed by atoms with Crippen LogP contribution in [0.1, 0.15) is 27.7 Å². The number of hydrogen-bond donors (Lipinski definition) is 1. The van der Waals surface area contributed by atoms with E-state index in [1.807, 2.05) is 27.7 Å². The molecule has 2 atom stereocenters. The Labute approximate surface area is 73.3 Å². The summed E-state index contributed by atoms with van der Waals surface area (Å²) in [6, 6.07) is 0. The third kappa shape index (κ3) is 1.38. The molecule has 2 unspecified atom stereocenters. The van der Waals surface area contributed by atoms with Gasteiger partial charge in [0.1, 0.15) is 0 Å². The first-order chi connectivity index (χ1) is 5.37. The third-order valence-corrected chi connectivity index (χ3v) is 2.69. The minimum atomic E-state index is -0.664. The van der Waals surface area contributed by atoms with Gasteiger partial charge in [-0.3, -0.25) is 4.79 Å². The van der Waals surface area contributed by atoms with E-state index in [1.165, 1.54) is 5.57 Å². The van der Waals surface area contributed by atoms with Crippen molar-refractivity contribution in [1.82, 2.24) is 0 Å². The summed E-state index contributed by atoms with van der Waals surface area (Å²) in [5, 5.41) is 8.84. The summed E-state index contributed by atoms with van der Waals surface area (Å²) >= 11 is 0. The van der Waals surface area contributed by atoms with Gasteiger partial charge in [-0.05, 0) is 25.2 Å². The van der Waals surface area contributed by atoms with Gasteiger partial charge in [-0.2, -0.15) is 0 Å². The molecule has 1 saturated carbocycles. The summed E-state index contributed by atoms with van der Waals surface area (Å²) in [4.78, 5) is 10.7. The van der Waals surface area contributed by atoms with Crippen molar-refractivity contribution in [2.75, 3.05) is 0 Å². The second kappa shape index (κ2) is 2.61. The van der Waals surface area contributed by atoms with Crippen LogP contribution in [0, 0.1) is 17.3 Å². The van der Waals surface area contributed by atoms with Crippen molar-refractivity contribution in [3.05, 3.63) is 11.6 Å². The molecular weight excluding hydrogens is 154 g/mol. The minimum absolute atomic E-state index is 0.0386. The van der Waals surface area contributed by atoms with Crippen LogP contribution in [0.3, 0.4) is 0 Å². The largest absolute Gasteiger partial charge is 0.481 e. The molecule has 2 nitrogen and oxygen atoms in total. The summed E-state index contributed by atoms with van der Waals surface area (Å²) < 4.78 is 0. The van der Waals surface area contributed by atoms with E-state index < -0.39 is 5.97 Å². The number of carboxylic acids is 1. The fourth-order valence-corrected chi connectivity index (χ4v) is 1.82. The van der Waals surface area contributed by atoms with Crippen LogP contribution in [-0.4, -0.2) is 11.1 Å². The fourth-order valence-electron chi connectivity index (χ4n) is 1.82. The summed E-state index contributed by atoms with van der Waals surface area (Å²) in [5.74, 6) is -0.602.